The number of carbonyl (C=O) groups is 1. The number of rotatable bonds is 8. The number of sulfonamides is 1. The Labute approximate surface area is 142 Å². The van der Waals surface area contributed by atoms with E-state index in [4.69, 9.17) is 0 Å². The molecule has 0 aromatic heterocycles. The monoisotopic (exact) mass is 356 g/mol. The first kappa shape index (κ1) is 18.3. The SMILES string of the molecule is CCCCSCC(=O)Nc1cccc(S(=O)(=O)N2CCCC2)c1. The third kappa shape index (κ3) is 5.22. The second kappa shape index (κ2) is 8.70. The summed E-state index contributed by atoms with van der Waals surface area (Å²) in [5.41, 5.74) is 0.534. The second-order valence-corrected chi connectivity index (χ2v) is 8.64. The minimum Gasteiger partial charge on any atom is -0.325 e. The standard InChI is InChI=1S/C16H24N2O3S2/c1-2-3-11-22-13-16(19)17-14-7-6-8-15(12-14)23(20,21)18-9-4-5-10-18/h6-8,12H,2-5,9-11,13H2,1H3,(H,17,19). The van der Waals surface area contributed by atoms with Crippen molar-refractivity contribution in [2.45, 2.75) is 37.5 Å². The molecular formula is C16H24N2O3S2. The number of nitrogens with zero attached hydrogens (tertiary/aromatic N) is 1. The van der Waals surface area contributed by atoms with Crippen molar-refractivity contribution < 1.29 is 13.2 Å². The van der Waals surface area contributed by atoms with Crippen molar-refractivity contribution in [3.63, 3.8) is 0 Å². The van der Waals surface area contributed by atoms with E-state index < -0.39 is 10.0 Å². The van der Waals surface area contributed by atoms with E-state index in [-0.39, 0.29) is 10.8 Å². The summed E-state index contributed by atoms with van der Waals surface area (Å²) in [4.78, 5) is 12.1. The first-order valence-electron chi connectivity index (χ1n) is 8.02. The summed E-state index contributed by atoms with van der Waals surface area (Å²) in [7, 11) is -3.44. The molecule has 0 atom stereocenters. The van der Waals surface area contributed by atoms with Crippen molar-refractivity contribution in [3.05, 3.63) is 24.3 Å². The van der Waals surface area contributed by atoms with Gasteiger partial charge in [-0.15, -0.1) is 0 Å². The zero-order valence-corrected chi connectivity index (χ0v) is 15.1. The molecule has 1 heterocycles. The number of anilines is 1. The summed E-state index contributed by atoms with van der Waals surface area (Å²) >= 11 is 1.60. The van der Waals surface area contributed by atoms with Crippen LogP contribution in [0.5, 0.6) is 0 Å². The first-order chi connectivity index (χ1) is 11.0. The molecule has 1 aliphatic heterocycles. The Morgan fingerprint density at radius 1 is 1.30 bits per heavy atom. The maximum Gasteiger partial charge on any atom is 0.243 e. The molecule has 7 heteroatoms. The van der Waals surface area contributed by atoms with Gasteiger partial charge in [0, 0.05) is 18.8 Å². The van der Waals surface area contributed by atoms with Crippen LogP contribution in [-0.2, 0) is 14.8 Å². The fourth-order valence-electron chi connectivity index (χ4n) is 2.42. The Hall–Kier alpha value is -1.05. The Balaban J connectivity index is 1.98. The van der Waals surface area contributed by atoms with Crippen LogP contribution in [0, 0.1) is 0 Å². The Morgan fingerprint density at radius 3 is 2.74 bits per heavy atom. The number of carbonyl (C=O) groups excluding carboxylic acids is 1. The molecular weight excluding hydrogens is 332 g/mol. The minimum absolute atomic E-state index is 0.0955. The molecule has 1 saturated heterocycles. The molecule has 0 unspecified atom stereocenters. The van der Waals surface area contributed by atoms with Crippen LogP contribution >= 0.6 is 11.8 Å². The quantitative estimate of drug-likeness (QED) is 0.727. The summed E-state index contributed by atoms with van der Waals surface area (Å²) in [5.74, 6) is 1.26. The molecule has 2 rings (SSSR count). The highest BCUT2D eigenvalue weighted by atomic mass is 32.2. The summed E-state index contributed by atoms with van der Waals surface area (Å²) < 4.78 is 26.6. The summed E-state index contributed by atoms with van der Waals surface area (Å²) in [6, 6.07) is 6.52. The van der Waals surface area contributed by atoms with E-state index in [2.05, 4.69) is 12.2 Å². The van der Waals surface area contributed by atoms with Crippen molar-refractivity contribution in [2.24, 2.45) is 0 Å². The van der Waals surface area contributed by atoms with Crippen molar-refractivity contribution in [1.29, 1.82) is 0 Å². The molecule has 1 fully saturated rings. The number of hydrogen-bond donors (Lipinski definition) is 1. The van der Waals surface area contributed by atoms with Gasteiger partial charge in [0.1, 0.15) is 0 Å². The van der Waals surface area contributed by atoms with Crippen LogP contribution in [-0.4, -0.2) is 43.2 Å². The zero-order chi connectivity index (χ0) is 16.7. The average molecular weight is 357 g/mol. The van der Waals surface area contributed by atoms with Crippen molar-refractivity contribution in [3.8, 4) is 0 Å². The molecule has 128 valence electrons. The lowest BCUT2D eigenvalue weighted by Crippen LogP contribution is -2.28. The topological polar surface area (TPSA) is 66.5 Å². The van der Waals surface area contributed by atoms with Crippen LogP contribution in [0.1, 0.15) is 32.6 Å². The van der Waals surface area contributed by atoms with Gasteiger partial charge in [-0.25, -0.2) is 8.42 Å². The molecule has 23 heavy (non-hydrogen) atoms. The highest BCUT2D eigenvalue weighted by Crippen LogP contribution is 2.23. The van der Waals surface area contributed by atoms with Crippen LogP contribution in [0.2, 0.25) is 0 Å². The lowest BCUT2D eigenvalue weighted by atomic mass is 10.3. The number of amides is 1. The van der Waals surface area contributed by atoms with Gasteiger partial charge >= 0.3 is 0 Å². The van der Waals surface area contributed by atoms with Crippen molar-refractivity contribution >= 4 is 33.4 Å². The number of unbranched alkanes of at least 4 members (excludes halogenated alkanes) is 1. The lowest BCUT2D eigenvalue weighted by molar-refractivity contribution is -0.113. The fraction of sp³-hybridized carbons (Fsp3) is 0.562. The highest BCUT2D eigenvalue weighted by molar-refractivity contribution is 7.99. The molecule has 0 aliphatic carbocycles. The van der Waals surface area contributed by atoms with E-state index >= 15 is 0 Å². The lowest BCUT2D eigenvalue weighted by Gasteiger charge is -2.16. The van der Waals surface area contributed by atoms with E-state index in [0.29, 0.717) is 24.5 Å². The Kier molecular flexibility index (Phi) is 6.92. The van der Waals surface area contributed by atoms with E-state index in [1.54, 1.807) is 36.0 Å². The maximum absolute atomic E-state index is 12.5. The molecule has 1 amide bonds. The number of thioether (sulfide) groups is 1. The van der Waals surface area contributed by atoms with Crippen LogP contribution in [0.15, 0.2) is 29.2 Å². The van der Waals surface area contributed by atoms with Gasteiger partial charge in [-0.2, -0.15) is 16.1 Å². The normalized spacial score (nSPS) is 15.7. The molecule has 1 N–H and O–H groups in total. The third-order valence-electron chi connectivity index (χ3n) is 3.70. The summed E-state index contributed by atoms with van der Waals surface area (Å²) in [5, 5.41) is 2.78. The van der Waals surface area contributed by atoms with E-state index in [1.165, 1.54) is 4.31 Å². The van der Waals surface area contributed by atoms with E-state index in [9.17, 15) is 13.2 Å². The van der Waals surface area contributed by atoms with E-state index in [1.807, 2.05) is 0 Å². The predicted molar refractivity (Wildman–Crippen MR) is 95.3 cm³/mol. The van der Waals surface area contributed by atoms with Gasteiger partial charge < -0.3 is 5.32 Å². The molecule has 1 aromatic rings. The van der Waals surface area contributed by atoms with Gasteiger partial charge in [-0.3, -0.25) is 4.79 Å². The van der Waals surface area contributed by atoms with Crippen LogP contribution in [0.3, 0.4) is 0 Å². The van der Waals surface area contributed by atoms with Gasteiger partial charge in [0.2, 0.25) is 15.9 Å². The molecule has 5 nitrogen and oxygen atoms in total. The minimum atomic E-state index is -3.44. The average Bonchev–Trinajstić information content (AvgIpc) is 3.07. The molecule has 0 spiro atoms. The second-order valence-electron chi connectivity index (χ2n) is 5.59. The first-order valence-corrected chi connectivity index (χ1v) is 10.6. The molecule has 0 radical (unpaired) electrons. The number of hydrogen-bond acceptors (Lipinski definition) is 4. The van der Waals surface area contributed by atoms with Crippen LogP contribution < -0.4 is 5.32 Å². The summed E-state index contributed by atoms with van der Waals surface area (Å²) in [6.07, 6.45) is 4.03. The van der Waals surface area contributed by atoms with Crippen molar-refractivity contribution in [2.75, 3.05) is 29.9 Å². The zero-order valence-electron chi connectivity index (χ0n) is 13.5. The fourth-order valence-corrected chi connectivity index (χ4v) is 4.88. The number of benzene rings is 1. The molecule has 1 aromatic carbocycles. The third-order valence-corrected chi connectivity index (χ3v) is 6.63. The van der Waals surface area contributed by atoms with Gasteiger partial charge in [-0.1, -0.05) is 19.4 Å². The largest absolute Gasteiger partial charge is 0.325 e. The van der Waals surface area contributed by atoms with Crippen LogP contribution in [0.25, 0.3) is 0 Å². The van der Waals surface area contributed by atoms with Gasteiger partial charge in [0.05, 0.1) is 10.6 Å². The Bertz CT molecular complexity index is 626. The smallest absolute Gasteiger partial charge is 0.243 e. The predicted octanol–water partition coefficient (Wildman–Crippen LogP) is 2.94. The van der Waals surface area contributed by atoms with Gasteiger partial charge in [0.25, 0.3) is 0 Å². The molecule has 0 bridgehead atoms. The van der Waals surface area contributed by atoms with Gasteiger partial charge in [-0.05, 0) is 43.2 Å². The molecule has 1 aliphatic rings. The Morgan fingerprint density at radius 2 is 2.04 bits per heavy atom. The summed E-state index contributed by atoms with van der Waals surface area (Å²) in [6.45, 7) is 3.27. The van der Waals surface area contributed by atoms with E-state index in [0.717, 1.165) is 31.4 Å². The number of nitrogens with one attached hydrogen (secondary N) is 1. The maximum atomic E-state index is 12.5. The highest BCUT2D eigenvalue weighted by Gasteiger charge is 2.27. The van der Waals surface area contributed by atoms with Gasteiger partial charge in [0.15, 0.2) is 0 Å². The van der Waals surface area contributed by atoms with Crippen LogP contribution in [0.4, 0.5) is 5.69 Å². The molecule has 0 saturated carbocycles. The van der Waals surface area contributed by atoms with Crippen molar-refractivity contribution in [1.82, 2.24) is 4.31 Å².